The largest absolute Gasteiger partial charge is 0.294 e. The van der Waals surface area contributed by atoms with Crippen LogP contribution in [0.4, 0.5) is 0 Å². The van der Waals surface area contributed by atoms with Crippen molar-refractivity contribution in [2.45, 2.75) is 6.04 Å². The fourth-order valence-electron chi connectivity index (χ4n) is 1.87. The van der Waals surface area contributed by atoms with E-state index < -0.39 is 0 Å². The number of hydrogen-bond donors (Lipinski definition) is 1. The summed E-state index contributed by atoms with van der Waals surface area (Å²) in [7, 11) is 0. The van der Waals surface area contributed by atoms with Crippen molar-refractivity contribution >= 4 is 0 Å². The molecule has 0 aliphatic rings. The number of hydrogen-bond acceptors (Lipinski definition) is 2. The lowest BCUT2D eigenvalue weighted by atomic mass is 9.99. The fourth-order valence-corrected chi connectivity index (χ4v) is 1.87. The molecule has 1 N–H and O–H groups in total. The molecule has 84 valence electrons. The van der Waals surface area contributed by atoms with Crippen LogP contribution in [0.3, 0.4) is 0 Å². The molecule has 17 heavy (non-hydrogen) atoms. The second kappa shape index (κ2) is 5.83. The quantitative estimate of drug-likeness (QED) is 0.807. The molecular weight excluding hydrogens is 208 g/mol. The van der Waals surface area contributed by atoms with E-state index in [0.29, 0.717) is 6.54 Å². The summed E-state index contributed by atoms with van der Waals surface area (Å²) in [5.41, 5.74) is 2.35. The van der Waals surface area contributed by atoms with Gasteiger partial charge in [0.1, 0.15) is 0 Å². The highest BCUT2D eigenvalue weighted by Gasteiger charge is 2.11. The smallest absolute Gasteiger partial charge is 0.0848 e. The Morgan fingerprint density at radius 1 is 0.882 bits per heavy atom. The van der Waals surface area contributed by atoms with E-state index in [1.165, 1.54) is 11.1 Å². The van der Waals surface area contributed by atoms with Gasteiger partial charge in [-0.2, -0.15) is 5.26 Å². The van der Waals surface area contributed by atoms with Crippen LogP contribution in [0.25, 0.3) is 0 Å². The molecule has 0 radical (unpaired) electrons. The first kappa shape index (κ1) is 11.4. The second-order valence-corrected chi connectivity index (χ2v) is 3.79. The standard InChI is InChI=1S/C15H14N2/c16-11-12-17-15(13-7-3-1-4-8-13)14-9-5-2-6-10-14/h1-10,15,17H,12H2. The van der Waals surface area contributed by atoms with Crippen LogP contribution in [0.2, 0.25) is 0 Å². The number of rotatable bonds is 4. The van der Waals surface area contributed by atoms with Crippen molar-refractivity contribution in [2.75, 3.05) is 6.54 Å². The highest BCUT2D eigenvalue weighted by molar-refractivity contribution is 5.31. The third kappa shape index (κ3) is 2.93. The Morgan fingerprint density at radius 2 is 1.35 bits per heavy atom. The number of nitriles is 1. The van der Waals surface area contributed by atoms with Crippen LogP contribution >= 0.6 is 0 Å². The molecule has 0 fully saturated rings. The molecule has 0 aliphatic heterocycles. The van der Waals surface area contributed by atoms with Gasteiger partial charge >= 0.3 is 0 Å². The van der Waals surface area contributed by atoms with Gasteiger partial charge in [-0.05, 0) is 11.1 Å². The minimum atomic E-state index is 0.0806. The highest BCUT2D eigenvalue weighted by Crippen LogP contribution is 2.21. The van der Waals surface area contributed by atoms with Crippen molar-refractivity contribution in [3.63, 3.8) is 0 Å². The van der Waals surface area contributed by atoms with Crippen LogP contribution in [-0.4, -0.2) is 6.54 Å². The molecule has 0 saturated heterocycles. The van der Waals surface area contributed by atoms with E-state index in [9.17, 15) is 0 Å². The van der Waals surface area contributed by atoms with Crippen molar-refractivity contribution in [1.29, 1.82) is 5.26 Å². The van der Waals surface area contributed by atoms with Crippen LogP contribution in [-0.2, 0) is 0 Å². The Bertz CT molecular complexity index is 446. The lowest BCUT2D eigenvalue weighted by molar-refractivity contribution is 0.657. The molecule has 2 aromatic carbocycles. The Balaban J connectivity index is 2.30. The summed E-state index contributed by atoms with van der Waals surface area (Å²) < 4.78 is 0. The number of benzene rings is 2. The van der Waals surface area contributed by atoms with Crippen LogP contribution in [0.1, 0.15) is 17.2 Å². The fraction of sp³-hybridized carbons (Fsp3) is 0.133. The Labute approximate surface area is 102 Å². The third-order valence-electron chi connectivity index (χ3n) is 2.65. The predicted molar refractivity (Wildman–Crippen MR) is 68.3 cm³/mol. The van der Waals surface area contributed by atoms with Crippen LogP contribution < -0.4 is 5.32 Å². The zero-order valence-corrected chi connectivity index (χ0v) is 9.51. The normalized spacial score (nSPS) is 10.1. The van der Waals surface area contributed by atoms with Gasteiger partial charge in [0.15, 0.2) is 0 Å². The van der Waals surface area contributed by atoms with Crippen molar-refractivity contribution in [1.82, 2.24) is 5.32 Å². The van der Waals surface area contributed by atoms with E-state index in [1.807, 2.05) is 36.4 Å². The molecule has 2 aromatic rings. The first-order valence-corrected chi connectivity index (χ1v) is 5.62. The van der Waals surface area contributed by atoms with E-state index in [1.54, 1.807) is 0 Å². The van der Waals surface area contributed by atoms with Gasteiger partial charge in [0, 0.05) is 0 Å². The Morgan fingerprint density at radius 3 is 1.76 bits per heavy atom. The van der Waals surface area contributed by atoms with Gasteiger partial charge in [0.05, 0.1) is 18.7 Å². The SMILES string of the molecule is N#CCNC(c1ccccc1)c1ccccc1. The lowest BCUT2D eigenvalue weighted by Gasteiger charge is -2.18. The average molecular weight is 222 g/mol. The topological polar surface area (TPSA) is 35.8 Å². The van der Waals surface area contributed by atoms with Crippen molar-refractivity contribution in [2.24, 2.45) is 0 Å². The van der Waals surface area contributed by atoms with E-state index >= 15 is 0 Å². The van der Waals surface area contributed by atoms with E-state index in [2.05, 4.69) is 35.7 Å². The molecule has 0 spiro atoms. The Kier molecular flexibility index (Phi) is 3.90. The molecule has 2 heteroatoms. The summed E-state index contributed by atoms with van der Waals surface area (Å²) in [5, 5.41) is 11.9. The first-order chi connectivity index (χ1) is 8.42. The maximum Gasteiger partial charge on any atom is 0.0848 e. The lowest BCUT2D eigenvalue weighted by Crippen LogP contribution is -2.22. The molecule has 0 aliphatic carbocycles. The average Bonchev–Trinajstić information content (AvgIpc) is 2.42. The van der Waals surface area contributed by atoms with Gasteiger partial charge in [-0.1, -0.05) is 60.7 Å². The summed E-state index contributed by atoms with van der Waals surface area (Å²) in [6, 6.07) is 22.5. The molecule has 0 heterocycles. The maximum atomic E-state index is 8.70. The van der Waals surface area contributed by atoms with E-state index in [4.69, 9.17) is 5.26 Å². The Hall–Kier alpha value is -2.11. The number of nitrogens with one attached hydrogen (secondary N) is 1. The zero-order valence-electron chi connectivity index (χ0n) is 9.51. The van der Waals surface area contributed by atoms with Crippen LogP contribution in [0, 0.1) is 11.3 Å². The van der Waals surface area contributed by atoms with E-state index in [-0.39, 0.29) is 6.04 Å². The van der Waals surface area contributed by atoms with Gasteiger partial charge in [-0.25, -0.2) is 0 Å². The minimum absolute atomic E-state index is 0.0806. The zero-order chi connectivity index (χ0) is 11.9. The monoisotopic (exact) mass is 222 g/mol. The van der Waals surface area contributed by atoms with Gasteiger partial charge in [-0.3, -0.25) is 5.32 Å². The van der Waals surface area contributed by atoms with Gasteiger partial charge in [0.25, 0.3) is 0 Å². The van der Waals surface area contributed by atoms with Crippen molar-refractivity contribution in [3.05, 3.63) is 71.8 Å². The molecule has 0 unspecified atom stereocenters. The molecule has 0 amide bonds. The highest BCUT2D eigenvalue weighted by atomic mass is 14.9. The summed E-state index contributed by atoms with van der Waals surface area (Å²) >= 11 is 0. The third-order valence-corrected chi connectivity index (χ3v) is 2.65. The summed E-state index contributed by atoms with van der Waals surface area (Å²) in [6.45, 7) is 0.342. The van der Waals surface area contributed by atoms with Gasteiger partial charge in [0.2, 0.25) is 0 Å². The molecule has 0 atom stereocenters. The van der Waals surface area contributed by atoms with Gasteiger partial charge < -0.3 is 0 Å². The first-order valence-electron chi connectivity index (χ1n) is 5.62. The molecule has 0 saturated carbocycles. The predicted octanol–water partition coefficient (Wildman–Crippen LogP) is 2.89. The van der Waals surface area contributed by atoms with Crippen LogP contribution in [0.15, 0.2) is 60.7 Å². The summed E-state index contributed by atoms with van der Waals surface area (Å²) in [5.74, 6) is 0. The number of nitrogens with zero attached hydrogens (tertiary/aromatic N) is 1. The van der Waals surface area contributed by atoms with Gasteiger partial charge in [-0.15, -0.1) is 0 Å². The van der Waals surface area contributed by atoms with Crippen molar-refractivity contribution in [3.8, 4) is 6.07 Å². The molecule has 2 nitrogen and oxygen atoms in total. The summed E-state index contributed by atoms with van der Waals surface area (Å²) in [6.07, 6.45) is 0. The molecule has 0 aromatic heterocycles. The molecule has 2 rings (SSSR count). The van der Waals surface area contributed by atoms with Crippen molar-refractivity contribution < 1.29 is 0 Å². The van der Waals surface area contributed by atoms with Crippen LogP contribution in [0.5, 0.6) is 0 Å². The minimum Gasteiger partial charge on any atom is -0.294 e. The second-order valence-electron chi connectivity index (χ2n) is 3.79. The molecule has 0 bridgehead atoms. The van der Waals surface area contributed by atoms with E-state index in [0.717, 1.165) is 0 Å². The summed E-state index contributed by atoms with van der Waals surface area (Å²) in [4.78, 5) is 0. The molecular formula is C15H14N2. The maximum absolute atomic E-state index is 8.70.